The molecule has 1 aromatic heterocycles. The minimum Gasteiger partial charge on any atom is -0.370 e. The molecule has 6 N–H and O–H groups in total. The smallest absolute Gasteiger partial charge is 0.246 e. The van der Waals surface area contributed by atoms with Crippen molar-refractivity contribution < 1.29 is 24.0 Å². The number of carbonyl (C=O) groups excluding carboxylic acids is 5. The normalized spacial score (nSPS) is 21.4. The van der Waals surface area contributed by atoms with E-state index in [2.05, 4.69) is 25.9 Å². The highest BCUT2D eigenvalue weighted by Crippen LogP contribution is 2.20. The Hall–Kier alpha value is -3.44. The lowest BCUT2D eigenvalue weighted by Crippen LogP contribution is -2.56. The molecule has 3 rings (SSSR count). The molecule has 0 bridgehead atoms. The number of imidazole rings is 1. The van der Waals surface area contributed by atoms with E-state index >= 15 is 0 Å². The predicted molar refractivity (Wildman–Crippen MR) is 107 cm³/mol. The van der Waals surface area contributed by atoms with Gasteiger partial charge in [-0.2, -0.15) is 0 Å². The number of primary amides is 1. The van der Waals surface area contributed by atoms with E-state index in [1.165, 1.54) is 11.2 Å². The van der Waals surface area contributed by atoms with Crippen LogP contribution >= 0.6 is 0 Å². The van der Waals surface area contributed by atoms with Gasteiger partial charge in [-0.25, -0.2) is 4.98 Å². The first-order valence-corrected chi connectivity index (χ1v) is 10.3. The molecule has 0 spiro atoms. The lowest BCUT2D eigenvalue weighted by molar-refractivity contribution is -0.141. The summed E-state index contributed by atoms with van der Waals surface area (Å²) in [5.74, 6) is -1.93. The summed E-state index contributed by atoms with van der Waals surface area (Å²) in [6.45, 7) is 0.474. The largest absolute Gasteiger partial charge is 0.370 e. The van der Waals surface area contributed by atoms with Gasteiger partial charge >= 0.3 is 0 Å². The number of aromatic nitrogens is 2. The van der Waals surface area contributed by atoms with E-state index in [1.807, 2.05) is 0 Å². The molecule has 0 aliphatic carbocycles. The van der Waals surface area contributed by atoms with E-state index in [9.17, 15) is 24.0 Å². The van der Waals surface area contributed by atoms with Crippen LogP contribution in [0.15, 0.2) is 12.5 Å². The first kappa shape index (κ1) is 22.2. The van der Waals surface area contributed by atoms with Gasteiger partial charge in [0.1, 0.15) is 18.1 Å². The van der Waals surface area contributed by atoms with Crippen LogP contribution in [0.25, 0.3) is 0 Å². The van der Waals surface area contributed by atoms with Crippen molar-refractivity contribution in [3.63, 3.8) is 0 Å². The van der Waals surface area contributed by atoms with Crippen molar-refractivity contribution in [1.82, 2.24) is 30.8 Å². The van der Waals surface area contributed by atoms with Crippen LogP contribution < -0.4 is 21.7 Å². The summed E-state index contributed by atoms with van der Waals surface area (Å²) in [5, 5.41) is 7.94. The molecule has 0 radical (unpaired) electrons. The van der Waals surface area contributed by atoms with E-state index in [1.54, 1.807) is 6.20 Å². The molecule has 2 fully saturated rings. The Morgan fingerprint density at radius 1 is 1.26 bits per heavy atom. The number of carbonyl (C=O) groups is 5. The van der Waals surface area contributed by atoms with Gasteiger partial charge in [0.25, 0.3) is 0 Å². The summed E-state index contributed by atoms with van der Waals surface area (Å²) in [6, 6.07) is -2.31. The fourth-order valence-electron chi connectivity index (χ4n) is 3.82. The number of nitrogens with zero attached hydrogens (tertiary/aromatic N) is 2. The van der Waals surface area contributed by atoms with Crippen LogP contribution in [0.5, 0.6) is 0 Å². The third-order valence-corrected chi connectivity index (χ3v) is 5.40. The van der Waals surface area contributed by atoms with E-state index in [4.69, 9.17) is 5.73 Å². The molecule has 31 heavy (non-hydrogen) atoms. The molecule has 2 saturated heterocycles. The highest BCUT2D eigenvalue weighted by Gasteiger charge is 2.39. The Kier molecular flexibility index (Phi) is 7.21. The number of nitrogens with two attached hydrogens (primary N) is 1. The molecular weight excluding hydrogens is 406 g/mol. The molecular formula is C19H27N7O5. The van der Waals surface area contributed by atoms with Crippen LogP contribution in [0.2, 0.25) is 0 Å². The molecule has 1 aromatic rings. The zero-order valence-electron chi connectivity index (χ0n) is 17.1. The zero-order valence-corrected chi connectivity index (χ0v) is 17.1. The van der Waals surface area contributed by atoms with Crippen LogP contribution in [0.4, 0.5) is 0 Å². The Bertz CT molecular complexity index is 841. The van der Waals surface area contributed by atoms with Crippen molar-refractivity contribution in [2.75, 3.05) is 13.1 Å². The van der Waals surface area contributed by atoms with Crippen LogP contribution in [0.1, 0.15) is 37.8 Å². The molecule has 5 amide bonds. The number of aromatic amines is 1. The molecule has 0 unspecified atom stereocenters. The predicted octanol–water partition coefficient (Wildman–Crippen LogP) is -2.30. The number of amides is 5. The minimum atomic E-state index is -0.938. The van der Waals surface area contributed by atoms with Gasteiger partial charge in [-0.1, -0.05) is 0 Å². The highest BCUT2D eigenvalue weighted by molar-refractivity contribution is 5.95. The molecule has 168 valence electrons. The third-order valence-electron chi connectivity index (χ3n) is 5.40. The Labute approximate surface area is 178 Å². The summed E-state index contributed by atoms with van der Waals surface area (Å²) >= 11 is 0. The van der Waals surface area contributed by atoms with Crippen LogP contribution in [0, 0.1) is 0 Å². The average Bonchev–Trinajstić information content (AvgIpc) is 3.48. The number of H-pyrrole nitrogens is 1. The van der Waals surface area contributed by atoms with Gasteiger partial charge in [0.2, 0.25) is 29.5 Å². The van der Waals surface area contributed by atoms with Gasteiger partial charge in [-0.05, 0) is 19.3 Å². The maximum Gasteiger partial charge on any atom is 0.246 e. The maximum atomic E-state index is 13.3. The summed E-state index contributed by atoms with van der Waals surface area (Å²) < 4.78 is 0. The Balaban J connectivity index is 1.68. The number of nitrogens with one attached hydrogen (secondary N) is 4. The molecule has 3 heterocycles. The van der Waals surface area contributed by atoms with Crippen molar-refractivity contribution in [1.29, 1.82) is 0 Å². The van der Waals surface area contributed by atoms with Gasteiger partial charge in [-0.3, -0.25) is 24.0 Å². The van der Waals surface area contributed by atoms with Crippen molar-refractivity contribution in [2.45, 2.75) is 56.7 Å². The lowest BCUT2D eigenvalue weighted by Gasteiger charge is -2.29. The standard InChI is InChI=1S/C19H27N7O5/c20-15(27)5-6-22-18(30)14-2-1-7-26(14)19(31)13(8-11-9-21-10-23-11)25-17(29)12-3-4-16(28)24-12/h9-10,12-14H,1-8H2,(H2,20,27)(H,21,23)(H,22,30)(H,24,28)(H,25,29)/t12-,13-,14-/m0/s1. The van der Waals surface area contributed by atoms with E-state index in [0.717, 1.165) is 0 Å². The van der Waals surface area contributed by atoms with Gasteiger partial charge in [0.15, 0.2) is 0 Å². The highest BCUT2D eigenvalue weighted by atomic mass is 16.2. The van der Waals surface area contributed by atoms with Gasteiger partial charge in [0, 0.05) is 38.5 Å². The lowest BCUT2D eigenvalue weighted by atomic mass is 10.1. The second-order valence-corrected chi connectivity index (χ2v) is 7.68. The first-order chi connectivity index (χ1) is 14.8. The second kappa shape index (κ2) is 10.0. The fourth-order valence-corrected chi connectivity index (χ4v) is 3.82. The first-order valence-electron chi connectivity index (χ1n) is 10.3. The van der Waals surface area contributed by atoms with Crippen LogP contribution in [0.3, 0.4) is 0 Å². The van der Waals surface area contributed by atoms with Gasteiger partial charge in [0.05, 0.1) is 12.0 Å². The number of hydrogen-bond acceptors (Lipinski definition) is 6. The summed E-state index contributed by atoms with van der Waals surface area (Å²) in [5.41, 5.74) is 5.67. The maximum absolute atomic E-state index is 13.3. The molecule has 2 aliphatic heterocycles. The van der Waals surface area contributed by atoms with E-state index < -0.39 is 35.8 Å². The van der Waals surface area contributed by atoms with Crippen LogP contribution in [-0.4, -0.2) is 75.6 Å². The Morgan fingerprint density at radius 3 is 2.71 bits per heavy atom. The minimum absolute atomic E-state index is 0.0113. The zero-order chi connectivity index (χ0) is 22.4. The average molecular weight is 433 g/mol. The number of likely N-dealkylation sites (tertiary alicyclic amines) is 1. The summed E-state index contributed by atoms with van der Waals surface area (Å²) in [6.07, 6.45) is 5.00. The van der Waals surface area contributed by atoms with Crippen molar-refractivity contribution in [3.05, 3.63) is 18.2 Å². The Morgan fingerprint density at radius 2 is 2.06 bits per heavy atom. The SMILES string of the molecule is NC(=O)CCNC(=O)[C@@H]1CCCN1C(=O)[C@H](Cc1c[nH]cn1)NC(=O)[C@@H]1CCC(=O)N1. The van der Waals surface area contributed by atoms with Crippen molar-refractivity contribution >= 4 is 29.5 Å². The van der Waals surface area contributed by atoms with Gasteiger partial charge in [-0.15, -0.1) is 0 Å². The molecule has 0 saturated carbocycles. The molecule has 12 heteroatoms. The quantitative estimate of drug-likeness (QED) is 0.292. The molecule has 12 nitrogen and oxygen atoms in total. The van der Waals surface area contributed by atoms with Crippen molar-refractivity contribution in [2.24, 2.45) is 5.73 Å². The summed E-state index contributed by atoms with van der Waals surface area (Å²) in [4.78, 5) is 69.2. The van der Waals surface area contributed by atoms with Crippen molar-refractivity contribution in [3.8, 4) is 0 Å². The molecule has 2 aliphatic rings. The monoisotopic (exact) mass is 433 g/mol. The van der Waals surface area contributed by atoms with E-state index in [0.29, 0.717) is 31.5 Å². The topological polar surface area (TPSA) is 179 Å². The summed E-state index contributed by atoms with van der Waals surface area (Å²) in [7, 11) is 0. The van der Waals surface area contributed by atoms with Crippen LogP contribution in [-0.2, 0) is 30.4 Å². The number of rotatable bonds is 9. The van der Waals surface area contributed by atoms with Gasteiger partial charge < -0.3 is 31.6 Å². The number of hydrogen-bond donors (Lipinski definition) is 5. The van der Waals surface area contributed by atoms with E-state index in [-0.39, 0.29) is 37.6 Å². The molecule has 0 aromatic carbocycles. The second-order valence-electron chi connectivity index (χ2n) is 7.68. The third kappa shape index (κ3) is 5.80. The fraction of sp³-hybridized carbons (Fsp3) is 0.579. The molecule has 3 atom stereocenters.